The molecule has 3 aromatic rings. The van der Waals surface area contributed by atoms with Crippen LogP contribution in [0.5, 0.6) is 0 Å². The van der Waals surface area contributed by atoms with Crippen LogP contribution in [0.15, 0.2) is 30.3 Å². The van der Waals surface area contributed by atoms with Gasteiger partial charge in [-0.3, -0.25) is 4.79 Å². The second kappa shape index (κ2) is 7.03. The van der Waals surface area contributed by atoms with Crippen molar-refractivity contribution in [3.8, 4) is 11.3 Å². The third kappa shape index (κ3) is 2.94. The molecule has 0 saturated carbocycles. The van der Waals surface area contributed by atoms with E-state index in [2.05, 4.69) is 15.3 Å². The van der Waals surface area contributed by atoms with Crippen LogP contribution in [0, 0.1) is 0 Å². The molecule has 26 heavy (non-hydrogen) atoms. The van der Waals surface area contributed by atoms with Gasteiger partial charge in [-0.1, -0.05) is 48.9 Å². The van der Waals surface area contributed by atoms with E-state index in [0.29, 0.717) is 22.8 Å². The highest BCUT2D eigenvalue weighted by Crippen LogP contribution is 2.33. The molecule has 1 fully saturated rings. The summed E-state index contributed by atoms with van der Waals surface area (Å²) in [5.74, 6) is 0.0691. The summed E-state index contributed by atoms with van der Waals surface area (Å²) in [7, 11) is 0. The number of nitrogens with zero attached hydrogens (tertiary/aromatic N) is 5. The molecular formula is C19H20ClN5O. The van der Waals surface area contributed by atoms with Gasteiger partial charge >= 0.3 is 0 Å². The lowest BCUT2D eigenvalue weighted by atomic mass is 10.1. The predicted octanol–water partition coefficient (Wildman–Crippen LogP) is 3.33. The quantitative estimate of drug-likeness (QED) is 0.707. The lowest BCUT2D eigenvalue weighted by Gasteiger charge is -2.15. The number of hydrogen-bond acceptors (Lipinski definition) is 4. The first-order valence-corrected chi connectivity index (χ1v) is 9.31. The van der Waals surface area contributed by atoms with Crippen LogP contribution in [0.4, 0.5) is 0 Å². The van der Waals surface area contributed by atoms with Crippen molar-refractivity contribution in [3.05, 3.63) is 41.0 Å². The standard InChI is InChI=1S/C19H20ClN5O/c1-2-14-16-17(20)18(13-8-4-3-5-9-13)21-22-19(16)25(23-14)12-15(26)24-10-6-7-11-24/h3-5,8-9H,2,6-7,10-12H2,1H3. The maximum Gasteiger partial charge on any atom is 0.244 e. The number of likely N-dealkylation sites (tertiary alicyclic amines) is 1. The molecule has 0 aliphatic carbocycles. The molecule has 1 aliphatic rings. The summed E-state index contributed by atoms with van der Waals surface area (Å²) in [6.07, 6.45) is 2.84. The van der Waals surface area contributed by atoms with Crippen molar-refractivity contribution in [1.29, 1.82) is 0 Å². The number of carbonyl (C=O) groups excluding carboxylic acids is 1. The Morgan fingerprint density at radius 3 is 2.58 bits per heavy atom. The molecule has 1 aliphatic heterocycles. The zero-order chi connectivity index (χ0) is 18.1. The highest BCUT2D eigenvalue weighted by atomic mass is 35.5. The van der Waals surface area contributed by atoms with Gasteiger partial charge in [-0.25, -0.2) is 4.68 Å². The van der Waals surface area contributed by atoms with E-state index < -0.39 is 0 Å². The van der Waals surface area contributed by atoms with Gasteiger partial charge < -0.3 is 4.90 Å². The molecule has 1 amide bonds. The lowest BCUT2D eigenvalue weighted by Crippen LogP contribution is -2.31. The van der Waals surface area contributed by atoms with Crippen molar-refractivity contribution in [2.45, 2.75) is 32.7 Å². The number of amides is 1. The third-order valence-corrected chi connectivity index (χ3v) is 5.16. The minimum atomic E-state index is 0.0691. The van der Waals surface area contributed by atoms with Crippen molar-refractivity contribution >= 4 is 28.5 Å². The topological polar surface area (TPSA) is 63.9 Å². The number of benzene rings is 1. The fraction of sp³-hybridized carbons (Fsp3) is 0.368. The van der Waals surface area contributed by atoms with Crippen LogP contribution in [0.1, 0.15) is 25.5 Å². The second-order valence-corrected chi connectivity index (χ2v) is 6.85. The maximum atomic E-state index is 12.5. The van der Waals surface area contributed by atoms with Crippen LogP contribution in [-0.4, -0.2) is 43.9 Å². The van der Waals surface area contributed by atoms with Gasteiger partial charge in [0, 0.05) is 18.7 Å². The van der Waals surface area contributed by atoms with Gasteiger partial charge in [0.2, 0.25) is 5.91 Å². The van der Waals surface area contributed by atoms with E-state index in [1.165, 1.54) is 0 Å². The van der Waals surface area contributed by atoms with E-state index in [1.54, 1.807) is 4.68 Å². The van der Waals surface area contributed by atoms with Crippen LogP contribution in [0.2, 0.25) is 5.02 Å². The van der Waals surface area contributed by atoms with Gasteiger partial charge in [-0.05, 0) is 19.3 Å². The van der Waals surface area contributed by atoms with Crippen LogP contribution >= 0.6 is 11.6 Å². The van der Waals surface area contributed by atoms with E-state index in [0.717, 1.165) is 42.6 Å². The molecule has 0 unspecified atom stereocenters. The van der Waals surface area contributed by atoms with Crippen molar-refractivity contribution in [2.75, 3.05) is 13.1 Å². The second-order valence-electron chi connectivity index (χ2n) is 6.47. The summed E-state index contributed by atoms with van der Waals surface area (Å²) < 4.78 is 1.64. The minimum Gasteiger partial charge on any atom is -0.341 e. The first kappa shape index (κ1) is 17.0. The molecule has 0 atom stereocenters. The third-order valence-electron chi connectivity index (χ3n) is 4.80. The molecule has 0 bridgehead atoms. The molecule has 4 rings (SSSR count). The molecule has 0 spiro atoms. The lowest BCUT2D eigenvalue weighted by molar-refractivity contribution is -0.130. The Labute approximate surface area is 156 Å². The predicted molar refractivity (Wildman–Crippen MR) is 101 cm³/mol. The van der Waals surface area contributed by atoms with Crippen molar-refractivity contribution in [1.82, 2.24) is 24.9 Å². The molecule has 134 valence electrons. The highest BCUT2D eigenvalue weighted by molar-refractivity contribution is 6.37. The molecule has 7 heteroatoms. The summed E-state index contributed by atoms with van der Waals surface area (Å²) >= 11 is 6.69. The van der Waals surface area contributed by atoms with Crippen LogP contribution < -0.4 is 0 Å². The molecule has 3 heterocycles. The highest BCUT2D eigenvalue weighted by Gasteiger charge is 2.23. The number of fused-ring (bicyclic) bond motifs is 1. The largest absolute Gasteiger partial charge is 0.341 e. The summed E-state index contributed by atoms with van der Waals surface area (Å²) in [4.78, 5) is 14.4. The van der Waals surface area contributed by atoms with E-state index in [-0.39, 0.29) is 12.5 Å². The van der Waals surface area contributed by atoms with Crippen LogP contribution in [-0.2, 0) is 17.8 Å². The Bertz CT molecular complexity index is 947. The van der Waals surface area contributed by atoms with E-state index in [1.807, 2.05) is 42.2 Å². The van der Waals surface area contributed by atoms with Gasteiger partial charge in [0.15, 0.2) is 5.65 Å². The summed E-state index contributed by atoms with van der Waals surface area (Å²) in [5.41, 5.74) is 2.96. The van der Waals surface area contributed by atoms with Crippen molar-refractivity contribution in [2.24, 2.45) is 0 Å². The number of rotatable bonds is 4. The van der Waals surface area contributed by atoms with Gasteiger partial charge in [-0.2, -0.15) is 5.10 Å². The Balaban J connectivity index is 1.76. The Morgan fingerprint density at radius 1 is 1.15 bits per heavy atom. The van der Waals surface area contributed by atoms with Crippen LogP contribution in [0.25, 0.3) is 22.3 Å². The SMILES string of the molecule is CCc1nn(CC(=O)N2CCCC2)c2nnc(-c3ccccc3)c(Cl)c12. The number of hydrogen-bond donors (Lipinski definition) is 0. The molecule has 0 N–H and O–H groups in total. The molecule has 1 saturated heterocycles. The average molecular weight is 370 g/mol. The molecule has 6 nitrogen and oxygen atoms in total. The smallest absolute Gasteiger partial charge is 0.244 e. The number of carbonyl (C=O) groups is 1. The number of aryl methyl sites for hydroxylation is 1. The normalized spacial score (nSPS) is 14.3. The van der Waals surface area contributed by atoms with Gasteiger partial charge in [-0.15, -0.1) is 10.2 Å². The zero-order valence-corrected chi connectivity index (χ0v) is 15.4. The summed E-state index contributed by atoms with van der Waals surface area (Å²) in [6, 6.07) is 9.74. The fourth-order valence-electron chi connectivity index (χ4n) is 3.42. The molecule has 0 radical (unpaired) electrons. The maximum absolute atomic E-state index is 12.5. The van der Waals surface area contributed by atoms with E-state index in [4.69, 9.17) is 11.6 Å². The number of aromatic nitrogens is 4. The first-order valence-electron chi connectivity index (χ1n) is 8.93. The van der Waals surface area contributed by atoms with Gasteiger partial charge in [0.25, 0.3) is 0 Å². The van der Waals surface area contributed by atoms with Crippen molar-refractivity contribution in [3.63, 3.8) is 0 Å². The van der Waals surface area contributed by atoms with E-state index in [9.17, 15) is 4.79 Å². The van der Waals surface area contributed by atoms with Crippen molar-refractivity contribution < 1.29 is 4.79 Å². The summed E-state index contributed by atoms with van der Waals surface area (Å²) in [6.45, 7) is 3.84. The number of halogens is 1. The average Bonchev–Trinajstić information content (AvgIpc) is 3.31. The zero-order valence-electron chi connectivity index (χ0n) is 14.7. The van der Waals surface area contributed by atoms with E-state index >= 15 is 0 Å². The monoisotopic (exact) mass is 369 g/mol. The van der Waals surface area contributed by atoms with Crippen LogP contribution in [0.3, 0.4) is 0 Å². The first-order chi connectivity index (χ1) is 12.7. The Kier molecular flexibility index (Phi) is 4.59. The Hall–Kier alpha value is -2.47. The Morgan fingerprint density at radius 2 is 1.88 bits per heavy atom. The molecular weight excluding hydrogens is 350 g/mol. The fourth-order valence-corrected chi connectivity index (χ4v) is 3.76. The van der Waals surface area contributed by atoms with Gasteiger partial charge in [0.1, 0.15) is 12.2 Å². The minimum absolute atomic E-state index is 0.0691. The molecule has 1 aromatic carbocycles. The van der Waals surface area contributed by atoms with Gasteiger partial charge in [0.05, 0.1) is 16.1 Å². The summed E-state index contributed by atoms with van der Waals surface area (Å²) in [5, 5.41) is 14.6. The molecule has 2 aromatic heterocycles.